The molecule has 3 rings (SSSR count). The summed E-state index contributed by atoms with van der Waals surface area (Å²) in [6.45, 7) is 5.33. The van der Waals surface area contributed by atoms with Gasteiger partial charge in [0.2, 0.25) is 11.8 Å². The van der Waals surface area contributed by atoms with E-state index < -0.39 is 0 Å². The molecular formula is C17H21N3O3S2. The SMILES string of the molecule is CC(=O)NCc1ccc(-c2nc(NC(=O)C3CCOCC3)sc2C)s1. The molecule has 0 atom stereocenters. The molecule has 3 heterocycles. The molecule has 2 aromatic rings. The van der Waals surface area contributed by atoms with Crippen LogP contribution in [0.2, 0.25) is 0 Å². The second-order valence-electron chi connectivity index (χ2n) is 5.98. The van der Waals surface area contributed by atoms with E-state index in [2.05, 4.69) is 15.6 Å². The molecule has 0 unspecified atom stereocenters. The Hall–Kier alpha value is -1.77. The minimum Gasteiger partial charge on any atom is -0.381 e. The van der Waals surface area contributed by atoms with Crippen LogP contribution in [0, 0.1) is 12.8 Å². The summed E-state index contributed by atoms with van der Waals surface area (Å²) in [5, 5.41) is 6.39. The third kappa shape index (κ3) is 4.65. The van der Waals surface area contributed by atoms with E-state index >= 15 is 0 Å². The van der Waals surface area contributed by atoms with Crippen molar-refractivity contribution in [1.82, 2.24) is 10.3 Å². The Kier molecular flexibility index (Phi) is 5.82. The number of nitrogens with zero attached hydrogens (tertiary/aromatic N) is 1. The number of thiophene rings is 1. The zero-order chi connectivity index (χ0) is 17.8. The first-order valence-corrected chi connectivity index (χ1v) is 9.86. The van der Waals surface area contributed by atoms with Crippen LogP contribution in [0.5, 0.6) is 0 Å². The molecule has 0 saturated carbocycles. The zero-order valence-electron chi connectivity index (χ0n) is 14.3. The van der Waals surface area contributed by atoms with Crippen LogP contribution in [-0.4, -0.2) is 30.0 Å². The van der Waals surface area contributed by atoms with Crippen LogP contribution in [0.15, 0.2) is 12.1 Å². The van der Waals surface area contributed by atoms with Crippen LogP contribution < -0.4 is 10.6 Å². The van der Waals surface area contributed by atoms with Crippen molar-refractivity contribution in [2.75, 3.05) is 18.5 Å². The lowest BCUT2D eigenvalue weighted by atomic mass is 10.00. The number of amides is 2. The van der Waals surface area contributed by atoms with E-state index in [1.807, 2.05) is 19.1 Å². The van der Waals surface area contributed by atoms with Gasteiger partial charge in [-0.1, -0.05) is 0 Å². The molecule has 25 heavy (non-hydrogen) atoms. The molecule has 8 heteroatoms. The standard InChI is InChI=1S/C17H21N3O3S2/c1-10-15(14-4-3-13(25-14)9-18-11(2)21)19-17(24-10)20-16(22)12-5-7-23-8-6-12/h3-4,12H,5-9H2,1-2H3,(H,18,21)(H,19,20,22). The topological polar surface area (TPSA) is 80.3 Å². The molecule has 0 radical (unpaired) electrons. The fraction of sp³-hybridized carbons (Fsp3) is 0.471. The maximum absolute atomic E-state index is 12.3. The zero-order valence-corrected chi connectivity index (χ0v) is 15.9. The highest BCUT2D eigenvalue weighted by molar-refractivity contribution is 7.18. The molecule has 2 N–H and O–H groups in total. The highest BCUT2D eigenvalue weighted by Crippen LogP contribution is 2.35. The number of thiazole rings is 1. The molecule has 0 spiro atoms. The molecule has 2 amide bonds. The minimum atomic E-state index is -0.0436. The number of aromatic nitrogens is 1. The Bertz CT molecular complexity index is 763. The van der Waals surface area contributed by atoms with E-state index in [4.69, 9.17) is 4.74 Å². The number of hydrogen-bond acceptors (Lipinski definition) is 6. The van der Waals surface area contributed by atoms with Gasteiger partial charge in [-0.05, 0) is 31.9 Å². The second-order valence-corrected chi connectivity index (χ2v) is 8.35. The molecule has 1 aliphatic heterocycles. The van der Waals surface area contributed by atoms with Crippen molar-refractivity contribution in [3.8, 4) is 10.6 Å². The number of nitrogens with one attached hydrogen (secondary N) is 2. The molecule has 1 aliphatic rings. The van der Waals surface area contributed by atoms with Crippen LogP contribution in [0.3, 0.4) is 0 Å². The number of aryl methyl sites for hydroxylation is 1. The van der Waals surface area contributed by atoms with Crippen LogP contribution in [0.4, 0.5) is 5.13 Å². The van der Waals surface area contributed by atoms with Crippen molar-refractivity contribution in [3.05, 3.63) is 21.9 Å². The lowest BCUT2D eigenvalue weighted by Crippen LogP contribution is -2.28. The van der Waals surface area contributed by atoms with Crippen LogP contribution in [-0.2, 0) is 20.9 Å². The van der Waals surface area contributed by atoms with E-state index in [0.717, 1.165) is 33.2 Å². The Morgan fingerprint density at radius 1 is 1.28 bits per heavy atom. The lowest BCUT2D eigenvalue weighted by Gasteiger charge is -2.20. The number of carbonyl (C=O) groups is 2. The first-order valence-electron chi connectivity index (χ1n) is 8.22. The Balaban J connectivity index is 1.67. The number of ether oxygens (including phenoxy) is 1. The van der Waals surface area contributed by atoms with Gasteiger partial charge in [0.25, 0.3) is 0 Å². The largest absolute Gasteiger partial charge is 0.381 e. The monoisotopic (exact) mass is 379 g/mol. The second kappa shape index (κ2) is 8.07. The fourth-order valence-corrected chi connectivity index (χ4v) is 4.55. The van der Waals surface area contributed by atoms with Gasteiger partial charge in [0, 0.05) is 35.8 Å². The third-order valence-electron chi connectivity index (χ3n) is 4.03. The maximum atomic E-state index is 12.3. The van der Waals surface area contributed by atoms with Crippen molar-refractivity contribution < 1.29 is 14.3 Å². The fourth-order valence-electron chi connectivity index (χ4n) is 2.66. The van der Waals surface area contributed by atoms with Gasteiger partial charge in [-0.25, -0.2) is 4.98 Å². The van der Waals surface area contributed by atoms with Crippen LogP contribution >= 0.6 is 22.7 Å². The summed E-state index contributed by atoms with van der Waals surface area (Å²) < 4.78 is 5.30. The van der Waals surface area contributed by atoms with Crippen LogP contribution in [0.25, 0.3) is 10.6 Å². The van der Waals surface area contributed by atoms with Gasteiger partial charge in [-0.2, -0.15) is 0 Å². The lowest BCUT2D eigenvalue weighted by molar-refractivity contribution is -0.122. The number of rotatable bonds is 5. The molecule has 134 valence electrons. The van der Waals surface area contributed by atoms with Crippen molar-refractivity contribution in [1.29, 1.82) is 0 Å². The normalized spacial score (nSPS) is 15.1. The van der Waals surface area contributed by atoms with E-state index in [1.165, 1.54) is 18.3 Å². The molecular weight excluding hydrogens is 358 g/mol. The van der Waals surface area contributed by atoms with Crippen molar-refractivity contribution in [3.63, 3.8) is 0 Å². The molecule has 1 fully saturated rings. The number of carbonyl (C=O) groups excluding carboxylic acids is 2. The highest BCUT2D eigenvalue weighted by Gasteiger charge is 2.23. The Morgan fingerprint density at radius 2 is 2.04 bits per heavy atom. The van der Waals surface area contributed by atoms with Gasteiger partial charge in [0.05, 0.1) is 17.1 Å². The molecule has 2 aromatic heterocycles. The summed E-state index contributed by atoms with van der Waals surface area (Å²) in [6, 6.07) is 4.00. The van der Waals surface area contributed by atoms with Crippen molar-refractivity contribution in [2.24, 2.45) is 5.92 Å². The van der Waals surface area contributed by atoms with Gasteiger partial charge in [-0.3, -0.25) is 9.59 Å². The minimum absolute atomic E-state index is 0.00685. The summed E-state index contributed by atoms with van der Waals surface area (Å²) >= 11 is 3.09. The highest BCUT2D eigenvalue weighted by atomic mass is 32.1. The van der Waals surface area contributed by atoms with Crippen LogP contribution in [0.1, 0.15) is 29.5 Å². The Morgan fingerprint density at radius 3 is 2.76 bits per heavy atom. The Labute approximate surface area is 154 Å². The number of hydrogen-bond donors (Lipinski definition) is 2. The average molecular weight is 380 g/mol. The third-order valence-corrected chi connectivity index (χ3v) is 6.00. The van der Waals surface area contributed by atoms with E-state index in [9.17, 15) is 9.59 Å². The van der Waals surface area contributed by atoms with Gasteiger partial charge in [0.1, 0.15) is 0 Å². The first kappa shape index (κ1) is 18.0. The quantitative estimate of drug-likeness (QED) is 0.836. The maximum Gasteiger partial charge on any atom is 0.229 e. The predicted octanol–water partition coefficient (Wildman–Crippen LogP) is 3.18. The van der Waals surface area contributed by atoms with Gasteiger partial charge >= 0.3 is 0 Å². The average Bonchev–Trinajstić information content (AvgIpc) is 3.20. The molecule has 0 aromatic carbocycles. The summed E-state index contributed by atoms with van der Waals surface area (Å²) in [7, 11) is 0. The molecule has 6 nitrogen and oxygen atoms in total. The van der Waals surface area contributed by atoms with Crippen molar-refractivity contribution in [2.45, 2.75) is 33.2 Å². The van der Waals surface area contributed by atoms with Gasteiger partial charge in [0.15, 0.2) is 5.13 Å². The first-order chi connectivity index (χ1) is 12.0. The summed E-state index contributed by atoms with van der Waals surface area (Å²) in [4.78, 5) is 31.1. The summed E-state index contributed by atoms with van der Waals surface area (Å²) in [5.41, 5.74) is 0.895. The van der Waals surface area contributed by atoms with Gasteiger partial charge < -0.3 is 15.4 Å². The van der Waals surface area contributed by atoms with E-state index in [1.54, 1.807) is 11.3 Å². The predicted molar refractivity (Wildman–Crippen MR) is 99.9 cm³/mol. The molecule has 1 saturated heterocycles. The van der Waals surface area contributed by atoms with Crippen molar-refractivity contribution >= 4 is 39.6 Å². The molecule has 0 bridgehead atoms. The number of anilines is 1. The van der Waals surface area contributed by atoms with E-state index in [0.29, 0.717) is 24.9 Å². The summed E-state index contributed by atoms with van der Waals surface area (Å²) in [6.07, 6.45) is 1.53. The smallest absolute Gasteiger partial charge is 0.229 e. The van der Waals surface area contributed by atoms with E-state index in [-0.39, 0.29) is 17.7 Å². The molecule has 0 aliphatic carbocycles. The summed E-state index contributed by atoms with van der Waals surface area (Å²) in [5.74, 6) is -0.00794. The van der Waals surface area contributed by atoms with Gasteiger partial charge in [-0.15, -0.1) is 22.7 Å².